The van der Waals surface area contributed by atoms with Gasteiger partial charge in [-0.2, -0.15) is 0 Å². The van der Waals surface area contributed by atoms with Gasteiger partial charge in [0.05, 0.1) is 17.8 Å². The molecule has 1 aromatic rings. The number of aromatic nitrogens is 1. The van der Waals surface area contributed by atoms with Crippen LogP contribution in [0, 0.1) is 0 Å². The molecule has 4 nitrogen and oxygen atoms in total. The minimum atomic E-state index is 0.151. The number of ether oxygens (including phenoxy) is 1. The van der Waals surface area contributed by atoms with Crippen LogP contribution in [-0.2, 0) is 11.2 Å². The van der Waals surface area contributed by atoms with Crippen molar-refractivity contribution in [3.05, 3.63) is 29.6 Å². The van der Waals surface area contributed by atoms with Gasteiger partial charge < -0.3 is 4.74 Å². The number of aryl methyl sites for hydroxylation is 1. The van der Waals surface area contributed by atoms with Crippen molar-refractivity contribution in [1.82, 2.24) is 10.4 Å². The Balaban J connectivity index is 1.88. The summed E-state index contributed by atoms with van der Waals surface area (Å²) >= 11 is 0. The van der Waals surface area contributed by atoms with Gasteiger partial charge in [0.25, 0.3) is 0 Å². The largest absolute Gasteiger partial charge is 0.378 e. The van der Waals surface area contributed by atoms with Gasteiger partial charge in [-0.05, 0) is 50.2 Å². The van der Waals surface area contributed by atoms with Crippen molar-refractivity contribution in [1.29, 1.82) is 0 Å². The van der Waals surface area contributed by atoms with Gasteiger partial charge >= 0.3 is 0 Å². The van der Waals surface area contributed by atoms with E-state index in [4.69, 9.17) is 10.6 Å². The molecule has 0 radical (unpaired) electrons. The fourth-order valence-electron chi connectivity index (χ4n) is 2.78. The van der Waals surface area contributed by atoms with Crippen LogP contribution < -0.4 is 11.3 Å². The summed E-state index contributed by atoms with van der Waals surface area (Å²) in [4.78, 5) is 4.50. The first-order valence-electron chi connectivity index (χ1n) is 7.36. The third kappa shape index (κ3) is 4.00. The van der Waals surface area contributed by atoms with Gasteiger partial charge in [-0.3, -0.25) is 16.3 Å². The Bertz CT molecular complexity index is 377. The Kier molecular flexibility index (Phi) is 5.76. The Morgan fingerprint density at radius 1 is 1.58 bits per heavy atom. The Hall–Kier alpha value is -0.970. The molecule has 4 heteroatoms. The van der Waals surface area contributed by atoms with Gasteiger partial charge in [-0.15, -0.1) is 0 Å². The number of nitrogens with two attached hydrogens (primary N) is 1. The highest BCUT2D eigenvalue weighted by Crippen LogP contribution is 2.23. The molecule has 2 unspecified atom stereocenters. The molecule has 0 amide bonds. The highest BCUT2D eigenvalue weighted by molar-refractivity contribution is 5.22. The smallest absolute Gasteiger partial charge is 0.0635 e. The van der Waals surface area contributed by atoms with Crippen LogP contribution in [0.3, 0.4) is 0 Å². The van der Waals surface area contributed by atoms with Gasteiger partial charge in [0.1, 0.15) is 0 Å². The summed E-state index contributed by atoms with van der Waals surface area (Å²) in [6.07, 6.45) is 9.00. The second-order valence-corrected chi connectivity index (χ2v) is 5.19. The maximum absolute atomic E-state index is 5.70. The minimum Gasteiger partial charge on any atom is -0.378 e. The second-order valence-electron chi connectivity index (χ2n) is 5.19. The molecule has 2 heterocycles. The monoisotopic (exact) mass is 263 g/mol. The van der Waals surface area contributed by atoms with E-state index in [1.54, 1.807) is 0 Å². The van der Waals surface area contributed by atoms with E-state index in [9.17, 15) is 0 Å². The molecule has 19 heavy (non-hydrogen) atoms. The van der Waals surface area contributed by atoms with Crippen molar-refractivity contribution in [3.8, 4) is 0 Å². The molecule has 1 aromatic heterocycles. The van der Waals surface area contributed by atoms with Gasteiger partial charge in [0.2, 0.25) is 0 Å². The highest BCUT2D eigenvalue weighted by atomic mass is 16.5. The van der Waals surface area contributed by atoms with Crippen LogP contribution >= 0.6 is 0 Å². The van der Waals surface area contributed by atoms with Crippen LogP contribution in [0.1, 0.15) is 56.3 Å². The zero-order chi connectivity index (χ0) is 13.5. The molecule has 1 aliphatic rings. The van der Waals surface area contributed by atoms with Crippen LogP contribution in [0.4, 0.5) is 0 Å². The fourth-order valence-corrected chi connectivity index (χ4v) is 2.78. The third-order valence-corrected chi connectivity index (χ3v) is 3.88. The standard InChI is InChI=1S/C15H25N3O/c1-2-12-6-4-10-17-15(12)14(18-16)9-3-7-13-8-5-11-19-13/h4,6,10,13-14,18H,2-3,5,7-9,11,16H2,1H3. The molecule has 3 N–H and O–H groups in total. The second kappa shape index (κ2) is 7.58. The summed E-state index contributed by atoms with van der Waals surface area (Å²) in [6.45, 7) is 3.09. The van der Waals surface area contributed by atoms with Crippen molar-refractivity contribution in [2.45, 2.75) is 57.6 Å². The predicted octanol–water partition coefficient (Wildman–Crippen LogP) is 2.50. The summed E-state index contributed by atoms with van der Waals surface area (Å²) in [5.41, 5.74) is 5.29. The number of nitrogens with one attached hydrogen (secondary N) is 1. The molecule has 1 saturated heterocycles. The lowest BCUT2D eigenvalue weighted by molar-refractivity contribution is 0.101. The summed E-state index contributed by atoms with van der Waals surface area (Å²) in [7, 11) is 0. The van der Waals surface area contributed by atoms with Crippen molar-refractivity contribution >= 4 is 0 Å². The summed E-state index contributed by atoms with van der Waals surface area (Å²) in [5.74, 6) is 5.70. The van der Waals surface area contributed by atoms with Crippen LogP contribution in [-0.4, -0.2) is 17.7 Å². The number of hydrogen-bond donors (Lipinski definition) is 2. The van der Waals surface area contributed by atoms with Gasteiger partial charge in [0, 0.05) is 12.8 Å². The van der Waals surface area contributed by atoms with Gasteiger partial charge in [-0.1, -0.05) is 13.0 Å². The quantitative estimate of drug-likeness (QED) is 0.586. The minimum absolute atomic E-state index is 0.151. The molecule has 2 rings (SSSR count). The first-order chi connectivity index (χ1) is 9.35. The molecule has 0 aliphatic carbocycles. The van der Waals surface area contributed by atoms with E-state index in [-0.39, 0.29) is 6.04 Å². The number of pyridine rings is 1. The molecule has 0 bridgehead atoms. The Morgan fingerprint density at radius 3 is 3.16 bits per heavy atom. The molecular weight excluding hydrogens is 238 g/mol. The molecule has 1 aliphatic heterocycles. The summed E-state index contributed by atoms with van der Waals surface area (Å²) < 4.78 is 5.65. The first-order valence-corrected chi connectivity index (χ1v) is 7.36. The number of nitrogens with zero attached hydrogens (tertiary/aromatic N) is 1. The zero-order valence-corrected chi connectivity index (χ0v) is 11.8. The fraction of sp³-hybridized carbons (Fsp3) is 0.667. The lowest BCUT2D eigenvalue weighted by Gasteiger charge is -2.19. The lowest BCUT2D eigenvalue weighted by Crippen LogP contribution is -2.29. The first kappa shape index (κ1) is 14.4. The lowest BCUT2D eigenvalue weighted by atomic mass is 9.99. The maximum Gasteiger partial charge on any atom is 0.0635 e. The number of hydrogen-bond acceptors (Lipinski definition) is 4. The van der Waals surface area contributed by atoms with E-state index in [0.29, 0.717) is 6.10 Å². The van der Waals surface area contributed by atoms with Crippen LogP contribution in [0.2, 0.25) is 0 Å². The summed E-state index contributed by atoms with van der Waals surface area (Å²) in [5, 5.41) is 0. The predicted molar refractivity (Wildman–Crippen MR) is 76.5 cm³/mol. The van der Waals surface area contributed by atoms with Crippen LogP contribution in [0.5, 0.6) is 0 Å². The topological polar surface area (TPSA) is 60.2 Å². The van der Waals surface area contributed by atoms with Crippen LogP contribution in [0.25, 0.3) is 0 Å². The number of hydrazine groups is 1. The number of rotatable bonds is 7. The average Bonchev–Trinajstić information content (AvgIpc) is 2.97. The van der Waals surface area contributed by atoms with Crippen molar-refractivity contribution in [2.24, 2.45) is 5.84 Å². The molecule has 2 atom stereocenters. The van der Waals surface area contributed by atoms with E-state index in [2.05, 4.69) is 23.4 Å². The van der Waals surface area contributed by atoms with E-state index in [1.165, 1.54) is 18.4 Å². The molecule has 1 fully saturated rings. The normalized spacial score (nSPS) is 20.6. The third-order valence-electron chi connectivity index (χ3n) is 3.88. The van der Waals surface area contributed by atoms with E-state index in [1.807, 2.05) is 12.3 Å². The zero-order valence-electron chi connectivity index (χ0n) is 11.8. The van der Waals surface area contributed by atoms with Crippen molar-refractivity contribution in [3.63, 3.8) is 0 Å². The molecule has 0 saturated carbocycles. The Morgan fingerprint density at radius 2 is 2.47 bits per heavy atom. The van der Waals surface area contributed by atoms with Gasteiger partial charge in [0.15, 0.2) is 0 Å². The van der Waals surface area contributed by atoms with Crippen molar-refractivity contribution < 1.29 is 4.74 Å². The van der Waals surface area contributed by atoms with Crippen molar-refractivity contribution in [2.75, 3.05) is 6.61 Å². The molecule has 0 spiro atoms. The molecule has 0 aromatic carbocycles. The molecular formula is C15H25N3O. The van der Waals surface area contributed by atoms with Gasteiger partial charge in [-0.25, -0.2) is 0 Å². The highest BCUT2D eigenvalue weighted by Gasteiger charge is 2.18. The van der Waals surface area contributed by atoms with E-state index in [0.717, 1.165) is 38.0 Å². The maximum atomic E-state index is 5.70. The Labute approximate surface area is 115 Å². The SMILES string of the molecule is CCc1cccnc1C(CCCC1CCCO1)NN. The molecule has 106 valence electrons. The summed E-state index contributed by atoms with van der Waals surface area (Å²) in [6, 6.07) is 4.27. The van der Waals surface area contributed by atoms with Crippen LogP contribution in [0.15, 0.2) is 18.3 Å². The van der Waals surface area contributed by atoms with E-state index >= 15 is 0 Å². The average molecular weight is 263 g/mol. The van der Waals surface area contributed by atoms with E-state index < -0.39 is 0 Å².